The van der Waals surface area contributed by atoms with E-state index in [1.807, 2.05) is 30.3 Å². The molecule has 166 valence electrons. The number of carbonyl (C=O) groups is 1. The first-order valence-electron chi connectivity index (χ1n) is 10.5. The van der Waals surface area contributed by atoms with Crippen LogP contribution in [0.5, 0.6) is 0 Å². The molecule has 1 atom stereocenters. The number of nitrogens with zero attached hydrogens (tertiary/aromatic N) is 3. The molecule has 2 fully saturated rings. The number of ether oxygens (including phenoxy) is 1. The van der Waals surface area contributed by atoms with Gasteiger partial charge in [-0.1, -0.05) is 41.6 Å². The summed E-state index contributed by atoms with van der Waals surface area (Å²) in [5.41, 5.74) is 1.24. The van der Waals surface area contributed by atoms with Crippen molar-refractivity contribution in [2.45, 2.75) is 24.7 Å². The quantitative estimate of drug-likeness (QED) is 0.702. The van der Waals surface area contributed by atoms with Gasteiger partial charge in [-0.15, -0.1) is 0 Å². The van der Waals surface area contributed by atoms with Crippen molar-refractivity contribution in [1.82, 2.24) is 14.4 Å². The molecule has 2 saturated heterocycles. The molecule has 1 aromatic carbocycles. The summed E-state index contributed by atoms with van der Waals surface area (Å²) in [5, 5.41) is 3.90. The molecule has 1 amide bonds. The number of sulfonamides is 1. The maximum absolute atomic E-state index is 13.5. The maximum Gasteiger partial charge on any atom is 0.248 e. The van der Waals surface area contributed by atoms with Crippen LogP contribution in [0.4, 0.5) is 0 Å². The van der Waals surface area contributed by atoms with Crippen LogP contribution in [-0.2, 0) is 19.6 Å². The van der Waals surface area contributed by atoms with Crippen molar-refractivity contribution in [2.24, 2.45) is 5.92 Å². The van der Waals surface area contributed by atoms with Gasteiger partial charge < -0.3 is 14.2 Å². The molecule has 0 saturated carbocycles. The van der Waals surface area contributed by atoms with Gasteiger partial charge in [-0.05, 0) is 31.4 Å². The smallest absolute Gasteiger partial charge is 0.248 e. The first-order valence-corrected chi connectivity index (χ1v) is 12.0. The van der Waals surface area contributed by atoms with E-state index in [-0.39, 0.29) is 29.0 Å². The zero-order valence-corrected chi connectivity index (χ0v) is 18.4. The van der Waals surface area contributed by atoms with Gasteiger partial charge in [0.15, 0.2) is 10.7 Å². The number of morpholine rings is 1. The fraction of sp³-hybridized carbons (Fsp3) is 0.455. The van der Waals surface area contributed by atoms with Crippen LogP contribution in [0.2, 0.25) is 0 Å². The molecule has 0 N–H and O–H groups in total. The number of benzene rings is 1. The van der Waals surface area contributed by atoms with Gasteiger partial charge in [0.25, 0.3) is 0 Å². The van der Waals surface area contributed by atoms with Gasteiger partial charge in [-0.2, -0.15) is 4.31 Å². The third-order valence-corrected chi connectivity index (χ3v) is 7.74. The minimum atomic E-state index is -3.85. The summed E-state index contributed by atoms with van der Waals surface area (Å²) in [6, 6.07) is 9.56. The summed E-state index contributed by atoms with van der Waals surface area (Å²) in [4.78, 5) is 14.8. The third-order valence-electron chi connectivity index (χ3n) is 5.71. The van der Waals surface area contributed by atoms with Gasteiger partial charge >= 0.3 is 0 Å². The molecule has 8 nitrogen and oxygen atoms in total. The Morgan fingerprint density at radius 2 is 1.87 bits per heavy atom. The van der Waals surface area contributed by atoms with E-state index in [1.165, 1.54) is 4.31 Å². The Morgan fingerprint density at radius 3 is 2.61 bits per heavy atom. The summed E-state index contributed by atoms with van der Waals surface area (Å²) in [6.07, 6.45) is 4.74. The van der Waals surface area contributed by atoms with Crippen molar-refractivity contribution in [2.75, 3.05) is 39.4 Å². The molecule has 0 spiro atoms. The summed E-state index contributed by atoms with van der Waals surface area (Å²) in [7, 11) is -3.85. The minimum Gasteiger partial charge on any atom is -0.378 e. The van der Waals surface area contributed by atoms with Crippen molar-refractivity contribution in [3.05, 3.63) is 47.3 Å². The van der Waals surface area contributed by atoms with E-state index >= 15 is 0 Å². The average Bonchev–Trinajstić information content (AvgIpc) is 3.19. The van der Waals surface area contributed by atoms with Crippen molar-refractivity contribution < 1.29 is 22.5 Å². The van der Waals surface area contributed by atoms with Crippen LogP contribution in [0.1, 0.15) is 29.9 Å². The Bertz CT molecular complexity index is 1040. The second-order valence-electron chi connectivity index (χ2n) is 7.85. The molecule has 2 aromatic rings. The molecule has 31 heavy (non-hydrogen) atoms. The van der Waals surface area contributed by atoms with Gasteiger partial charge in [-0.25, -0.2) is 8.42 Å². The van der Waals surface area contributed by atoms with E-state index in [4.69, 9.17) is 9.26 Å². The average molecular weight is 446 g/mol. The zero-order valence-electron chi connectivity index (χ0n) is 17.6. The van der Waals surface area contributed by atoms with Crippen molar-refractivity contribution in [3.8, 4) is 0 Å². The lowest BCUT2D eigenvalue weighted by atomic mass is 9.98. The minimum absolute atomic E-state index is 0.00874. The highest BCUT2D eigenvalue weighted by Crippen LogP contribution is 2.30. The monoisotopic (exact) mass is 445 g/mol. The van der Waals surface area contributed by atoms with E-state index in [0.29, 0.717) is 51.4 Å². The van der Waals surface area contributed by atoms with Crippen molar-refractivity contribution in [1.29, 1.82) is 0 Å². The molecule has 1 aromatic heterocycles. The number of piperidine rings is 1. The van der Waals surface area contributed by atoms with E-state index in [9.17, 15) is 13.2 Å². The summed E-state index contributed by atoms with van der Waals surface area (Å²) in [5.74, 6) is -0.137. The molecular weight excluding hydrogens is 418 g/mol. The number of hydrogen-bond acceptors (Lipinski definition) is 6. The van der Waals surface area contributed by atoms with Gasteiger partial charge in [0, 0.05) is 26.2 Å². The van der Waals surface area contributed by atoms with Crippen molar-refractivity contribution >= 4 is 28.1 Å². The zero-order chi connectivity index (χ0) is 21.8. The van der Waals surface area contributed by atoms with E-state index < -0.39 is 10.0 Å². The number of hydrogen-bond donors (Lipinski definition) is 0. The highest BCUT2D eigenvalue weighted by atomic mass is 32.2. The molecule has 3 heterocycles. The number of aromatic nitrogens is 1. The van der Waals surface area contributed by atoms with Gasteiger partial charge in [-0.3, -0.25) is 4.79 Å². The predicted molar refractivity (Wildman–Crippen MR) is 115 cm³/mol. The second-order valence-corrected chi connectivity index (χ2v) is 9.72. The summed E-state index contributed by atoms with van der Waals surface area (Å²) < 4.78 is 39.0. The van der Waals surface area contributed by atoms with Crippen LogP contribution in [0.3, 0.4) is 0 Å². The van der Waals surface area contributed by atoms with E-state index in [2.05, 4.69) is 5.16 Å². The standard InChI is InChI=1S/C22H27N3O5S/c1-17-21(20(30-23-17)10-9-18-6-3-2-4-7-18)31(27,28)25-11-5-8-19(16-25)22(26)24-12-14-29-15-13-24/h2-4,6-7,9-10,19H,5,8,11-16H2,1H3/b10-9+. The van der Waals surface area contributed by atoms with E-state index in [1.54, 1.807) is 24.0 Å². The van der Waals surface area contributed by atoms with Gasteiger partial charge in [0.1, 0.15) is 5.69 Å². The number of carbonyl (C=O) groups excluding carboxylic acids is 1. The van der Waals surface area contributed by atoms with Crippen LogP contribution >= 0.6 is 0 Å². The predicted octanol–water partition coefficient (Wildman–Crippen LogP) is 2.41. The Morgan fingerprint density at radius 1 is 1.13 bits per heavy atom. The summed E-state index contributed by atoms with van der Waals surface area (Å²) >= 11 is 0. The second kappa shape index (κ2) is 9.33. The van der Waals surface area contributed by atoms with Gasteiger partial charge in [0.05, 0.1) is 19.1 Å². The van der Waals surface area contributed by atoms with Gasteiger partial charge in [0.2, 0.25) is 15.9 Å². The molecule has 0 radical (unpaired) electrons. The maximum atomic E-state index is 13.5. The highest BCUT2D eigenvalue weighted by molar-refractivity contribution is 7.89. The Labute approximate surface area is 182 Å². The fourth-order valence-electron chi connectivity index (χ4n) is 4.07. The molecule has 2 aliphatic rings. The highest BCUT2D eigenvalue weighted by Gasteiger charge is 2.38. The van der Waals surface area contributed by atoms with Crippen LogP contribution < -0.4 is 0 Å². The largest absolute Gasteiger partial charge is 0.378 e. The van der Waals surface area contributed by atoms with Crippen LogP contribution in [-0.4, -0.2) is 68.1 Å². The molecule has 4 rings (SSSR count). The SMILES string of the molecule is Cc1noc(/C=C/c2ccccc2)c1S(=O)(=O)N1CCCC(C(=O)N2CCOCC2)C1. The Kier molecular flexibility index (Phi) is 6.54. The lowest BCUT2D eigenvalue weighted by molar-refractivity contribution is -0.140. The number of rotatable bonds is 5. The molecule has 2 aliphatic heterocycles. The number of amides is 1. The lowest BCUT2D eigenvalue weighted by Gasteiger charge is -2.35. The molecular formula is C22H27N3O5S. The summed E-state index contributed by atoms with van der Waals surface area (Å²) in [6.45, 7) is 4.33. The van der Waals surface area contributed by atoms with Crippen LogP contribution in [0.15, 0.2) is 39.8 Å². The number of aryl methyl sites for hydroxylation is 1. The first kappa shape index (κ1) is 21.7. The Balaban J connectivity index is 1.55. The lowest BCUT2D eigenvalue weighted by Crippen LogP contribution is -2.49. The topological polar surface area (TPSA) is 93.0 Å². The van der Waals surface area contributed by atoms with Crippen LogP contribution in [0.25, 0.3) is 12.2 Å². The molecule has 0 aliphatic carbocycles. The molecule has 0 bridgehead atoms. The Hall–Kier alpha value is -2.49. The van der Waals surface area contributed by atoms with E-state index in [0.717, 1.165) is 5.56 Å². The third kappa shape index (κ3) is 4.73. The van der Waals surface area contributed by atoms with Crippen molar-refractivity contribution in [3.63, 3.8) is 0 Å². The molecule has 9 heteroatoms. The fourth-order valence-corrected chi connectivity index (χ4v) is 5.84. The normalized spacial score (nSPS) is 20.9. The first-order chi connectivity index (χ1) is 15.0. The van der Waals surface area contributed by atoms with Crippen LogP contribution in [0, 0.1) is 12.8 Å². The molecule has 1 unspecified atom stereocenters.